The van der Waals surface area contributed by atoms with Gasteiger partial charge in [0.05, 0.1) is 5.92 Å². The van der Waals surface area contributed by atoms with E-state index in [-0.39, 0.29) is 0 Å². The monoisotopic (exact) mass is 305 g/mol. The first-order chi connectivity index (χ1) is 9.97. The molecule has 1 nitrogen and oxygen atoms in total. The van der Waals surface area contributed by atoms with Crippen molar-refractivity contribution in [3.63, 3.8) is 0 Å². The Balaban J connectivity index is 1.96. The van der Waals surface area contributed by atoms with Crippen LogP contribution in [0.3, 0.4) is 0 Å². The SMILES string of the molecule is CCC1CCCCC1C(NC)C1CCC(C(F)(F)F)CC1. The van der Waals surface area contributed by atoms with Gasteiger partial charge in [-0.1, -0.05) is 32.6 Å². The number of hydrogen-bond acceptors (Lipinski definition) is 1. The fourth-order valence-corrected chi connectivity index (χ4v) is 4.82. The molecule has 3 atom stereocenters. The lowest BCUT2D eigenvalue weighted by Gasteiger charge is -2.43. The summed E-state index contributed by atoms with van der Waals surface area (Å²) in [6.07, 6.45) is 4.53. The highest BCUT2D eigenvalue weighted by atomic mass is 19.4. The zero-order chi connectivity index (χ0) is 15.5. The zero-order valence-corrected chi connectivity index (χ0v) is 13.4. The van der Waals surface area contributed by atoms with Gasteiger partial charge in [0.1, 0.15) is 0 Å². The van der Waals surface area contributed by atoms with Crippen LogP contribution in [-0.2, 0) is 0 Å². The van der Waals surface area contributed by atoms with Crippen LogP contribution in [0.5, 0.6) is 0 Å². The molecule has 124 valence electrons. The van der Waals surface area contributed by atoms with Crippen molar-refractivity contribution in [2.75, 3.05) is 7.05 Å². The first-order valence-corrected chi connectivity index (χ1v) is 8.71. The Bertz CT molecular complexity index is 308. The van der Waals surface area contributed by atoms with E-state index in [4.69, 9.17) is 0 Å². The molecule has 0 saturated heterocycles. The quantitative estimate of drug-likeness (QED) is 0.756. The number of halogens is 3. The number of alkyl halides is 3. The molecule has 0 heterocycles. The van der Waals surface area contributed by atoms with E-state index in [1.54, 1.807) is 0 Å². The van der Waals surface area contributed by atoms with Crippen molar-refractivity contribution in [2.24, 2.45) is 23.7 Å². The van der Waals surface area contributed by atoms with Gasteiger partial charge >= 0.3 is 6.18 Å². The summed E-state index contributed by atoms with van der Waals surface area (Å²) in [5.74, 6) is 0.808. The summed E-state index contributed by atoms with van der Waals surface area (Å²) >= 11 is 0. The van der Waals surface area contributed by atoms with Gasteiger partial charge in [0.15, 0.2) is 0 Å². The molecule has 21 heavy (non-hydrogen) atoms. The molecule has 0 amide bonds. The van der Waals surface area contributed by atoms with E-state index in [0.29, 0.717) is 30.7 Å². The lowest BCUT2D eigenvalue weighted by Crippen LogP contribution is -2.46. The molecule has 0 aliphatic heterocycles. The van der Waals surface area contributed by atoms with Gasteiger partial charge in [-0.05, 0) is 56.9 Å². The van der Waals surface area contributed by atoms with E-state index >= 15 is 0 Å². The van der Waals surface area contributed by atoms with E-state index in [2.05, 4.69) is 12.2 Å². The predicted octanol–water partition coefficient (Wildman–Crippen LogP) is 5.16. The predicted molar refractivity (Wildman–Crippen MR) is 80.1 cm³/mol. The molecule has 2 saturated carbocycles. The van der Waals surface area contributed by atoms with Gasteiger partial charge in [0, 0.05) is 6.04 Å². The maximum absolute atomic E-state index is 12.8. The van der Waals surface area contributed by atoms with Gasteiger partial charge in [-0.3, -0.25) is 0 Å². The van der Waals surface area contributed by atoms with E-state index in [1.807, 2.05) is 7.05 Å². The summed E-state index contributed by atoms with van der Waals surface area (Å²) in [6.45, 7) is 2.26. The minimum atomic E-state index is -3.99. The smallest absolute Gasteiger partial charge is 0.316 e. The fourth-order valence-electron chi connectivity index (χ4n) is 4.82. The number of hydrogen-bond donors (Lipinski definition) is 1. The van der Waals surface area contributed by atoms with Gasteiger partial charge < -0.3 is 5.32 Å². The van der Waals surface area contributed by atoms with Gasteiger partial charge in [-0.15, -0.1) is 0 Å². The third-order valence-electron chi connectivity index (χ3n) is 6.03. The van der Waals surface area contributed by atoms with Crippen molar-refractivity contribution in [1.29, 1.82) is 0 Å². The van der Waals surface area contributed by atoms with Crippen LogP contribution in [0.4, 0.5) is 13.2 Å². The first kappa shape index (κ1) is 17.1. The lowest BCUT2D eigenvalue weighted by molar-refractivity contribution is -0.184. The maximum Gasteiger partial charge on any atom is 0.391 e. The molecule has 1 N–H and O–H groups in total. The van der Waals surface area contributed by atoms with Gasteiger partial charge in [0.2, 0.25) is 0 Å². The second-order valence-corrected chi connectivity index (χ2v) is 7.08. The van der Waals surface area contributed by atoms with Crippen LogP contribution >= 0.6 is 0 Å². The molecular formula is C17H30F3N. The average molecular weight is 305 g/mol. The molecule has 2 rings (SSSR count). The molecule has 2 fully saturated rings. The van der Waals surface area contributed by atoms with Crippen LogP contribution in [0.1, 0.15) is 64.7 Å². The Morgan fingerprint density at radius 2 is 1.62 bits per heavy atom. The summed E-state index contributed by atoms with van der Waals surface area (Å²) in [6, 6.07) is 0.421. The van der Waals surface area contributed by atoms with Crippen molar-refractivity contribution in [2.45, 2.75) is 76.9 Å². The summed E-state index contributed by atoms with van der Waals surface area (Å²) in [5.41, 5.74) is 0. The Kier molecular flexibility index (Phi) is 5.98. The molecule has 3 unspecified atom stereocenters. The Hall–Kier alpha value is -0.250. The van der Waals surface area contributed by atoms with Crippen molar-refractivity contribution in [1.82, 2.24) is 5.32 Å². The molecule has 0 radical (unpaired) electrons. The van der Waals surface area contributed by atoms with Crippen LogP contribution in [0, 0.1) is 23.7 Å². The number of rotatable bonds is 4. The summed E-state index contributed by atoms with van der Waals surface area (Å²) in [5, 5.41) is 3.48. The van der Waals surface area contributed by atoms with Crippen molar-refractivity contribution in [3.05, 3.63) is 0 Å². The minimum Gasteiger partial charge on any atom is -0.316 e. The first-order valence-electron chi connectivity index (χ1n) is 8.71. The van der Waals surface area contributed by atoms with E-state index in [9.17, 15) is 13.2 Å². The maximum atomic E-state index is 12.8. The number of nitrogens with one attached hydrogen (secondary N) is 1. The van der Waals surface area contributed by atoms with E-state index < -0.39 is 12.1 Å². The standard InChI is InChI=1S/C17H30F3N/c1-3-12-6-4-5-7-15(12)16(21-2)13-8-10-14(11-9-13)17(18,19)20/h12-16,21H,3-11H2,1-2H3. The molecule has 0 bridgehead atoms. The third kappa shape index (κ3) is 4.14. The zero-order valence-electron chi connectivity index (χ0n) is 13.4. The van der Waals surface area contributed by atoms with Gasteiger partial charge in [-0.25, -0.2) is 0 Å². The highest BCUT2D eigenvalue weighted by Crippen LogP contribution is 2.44. The van der Waals surface area contributed by atoms with E-state index in [0.717, 1.165) is 18.8 Å². The molecular weight excluding hydrogens is 275 g/mol. The molecule has 4 heteroatoms. The molecule has 2 aliphatic rings. The molecule has 2 aliphatic carbocycles. The second-order valence-electron chi connectivity index (χ2n) is 7.08. The minimum absolute atomic E-state index is 0.329. The Morgan fingerprint density at radius 3 is 2.14 bits per heavy atom. The average Bonchev–Trinajstić information content (AvgIpc) is 2.48. The molecule has 0 spiro atoms. The second kappa shape index (κ2) is 7.34. The van der Waals surface area contributed by atoms with Crippen LogP contribution < -0.4 is 5.32 Å². The van der Waals surface area contributed by atoms with Gasteiger partial charge in [0.25, 0.3) is 0 Å². The summed E-state index contributed by atoms with van der Waals surface area (Å²) < 4.78 is 38.4. The fraction of sp³-hybridized carbons (Fsp3) is 1.00. The summed E-state index contributed by atoms with van der Waals surface area (Å²) in [4.78, 5) is 0. The topological polar surface area (TPSA) is 12.0 Å². The summed E-state index contributed by atoms with van der Waals surface area (Å²) in [7, 11) is 2.00. The van der Waals surface area contributed by atoms with Crippen molar-refractivity contribution < 1.29 is 13.2 Å². The highest BCUT2D eigenvalue weighted by molar-refractivity contribution is 4.91. The van der Waals surface area contributed by atoms with Gasteiger partial charge in [-0.2, -0.15) is 13.2 Å². The van der Waals surface area contributed by atoms with Crippen LogP contribution in [0.15, 0.2) is 0 Å². The van der Waals surface area contributed by atoms with Crippen LogP contribution in [0.2, 0.25) is 0 Å². The largest absolute Gasteiger partial charge is 0.391 e. The third-order valence-corrected chi connectivity index (χ3v) is 6.03. The van der Waals surface area contributed by atoms with Crippen LogP contribution in [0.25, 0.3) is 0 Å². The normalized spacial score (nSPS) is 36.4. The Labute approximate surface area is 127 Å². The molecule has 0 aromatic heterocycles. The van der Waals surface area contributed by atoms with E-state index in [1.165, 1.54) is 32.1 Å². The molecule has 0 aromatic rings. The van der Waals surface area contributed by atoms with Crippen LogP contribution in [-0.4, -0.2) is 19.3 Å². The van der Waals surface area contributed by atoms with Crippen molar-refractivity contribution >= 4 is 0 Å². The Morgan fingerprint density at radius 1 is 1.00 bits per heavy atom. The molecule has 0 aromatic carbocycles. The highest BCUT2D eigenvalue weighted by Gasteiger charge is 2.44. The van der Waals surface area contributed by atoms with Crippen molar-refractivity contribution in [3.8, 4) is 0 Å². The lowest BCUT2D eigenvalue weighted by atomic mass is 9.67.